The van der Waals surface area contributed by atoms with Gasteiger partial charge in [0.15, 0.2) is 0 Å². The van der Waals surface area contributed by atoms with E-state index in [1.807, 2.05) is 35.0 Å². The molecular formula is C35H30FN7O7. The average Bonchev–Trinajstić information content (AvgIpc) is 3.65. The van der Waals surface area contributed by atoms with Crippen LogP contribution in [0.4, 0.5) is 10.2 Å². The molecule has 15 heteroatoms. The van der Waals surface area contributed by atoms with Crippen LogP contribution in [0, 0.1) is 5.95 Å². The summed E-state index contributed by atoms with van der Waals surface area (Å²) in [5.41, 5.74) is 3.26. The third-order valence-corrected chi connectivity index (χ3v) is 8.30. The fourth-order valence-electron chi connectivity index (χ4n) is 5.77. The predicted octanol–water partition coefficient (Wildman–Crippen LogP) is 3.51. The number of piperidine rings is 1. The first-order valence-corrected chi connectivity index (χ1v) is 15.7. The minimum atomic E-state index is -1.03. The molecule has 7 rings (SSSR count). The maximum absolute atomic E-state index is 14.9. The fraction of sp³-hybridized carbons (Fsp3) is 0.229. The Morgan fingerprint density at radius 2 is 1.70 bits per heavy atom. The summed E-state index contributed by atoms with van der Waals surface area (Å²) in [5.74, 6) is -1.55. The number of hydrogen-bond acceptors (Lipinski definition) is 11. The quantitative estimate of drug-likeness (QED) is 0.113. The molecule has 1 fully saturated rings. The second-order valence-electron chi connectivity index (χ2n) is 11.5. The number of carbonyl (C=O) groups excluding carboxylic acids is 4. The smallest absolute Gasteiger partial charge is 0.262 e. The Kier molecular flexibility index (Phi) is 8.87. The first-order valence-electron chi connectivity index (χ1n) is 15.7. The third-order valence-electron chi connectivity index (χ3n) is 8.30. The molecule has 1 saturated heterocycles. The summed E-state index contributed by atoms with van der Waals surface area (Å²) in [6.45, 7) is 1.03. The molecular weight excluding hydrogens is 649 g/mol. The molecule has 0 saturated carbocycles. The SMILES string of the molecule is COc1ccc2nc(-c3ccc(-c4ccc(NCCOCCOc5ccc6c(c5)C(=O)N(C5CCC(=O)NC5=O)C6=O)nc4F)nc3)cn2c1. The lowest BCUT2D eigenvalue weighted by molar-refractivity contribution is -0.136. The van der Waals surface area contributed by atoms with Crippen molar-refractivity contribution in [1.82, 2.24) is 29.6 Å². The lowest BCUT2D eigenvalue weighted by Gasteiger charge is -2.27. The van der Waals surface area contributed by atoms with Gasteiger partial charge in [-0.1, -0.05) is 0 Å². The van der Waals surface area contributed by atoms with E-state index in [0.29, 0.717) is 29.6 Å². The van der Waals surface area contributed by atoms with E-state index in [2.05, 4.69) is 25.6 Å². The summed E-state index contributed by atoms with van der Waals surface area (Å²) in [6.07, 6.45) is 5.47. The number of rotatable bonds is 12. The average molecular weight is 680 g/mol. The topological polar surface area (TPSA) is 166 Å². The van der Waals surface area contributed by atoms with Crippen LogP contribution in [0.2, 0.25) is 0 Å². The summed E-state index contributed by atoms with van der Waals surface area (Å²) in [4.78, 5) is 63.5. The van der Waals surface area contributed by atoms with Gasteiger partial charge in [-0.25, -0.2) is 9.97 Å². The van der Waals surface area contributed by atoms with Crippen molar-refractivity contribution in [3.63, 3.8) is 0 Å². The van der Waals surface area contributed by atoms with Gasteiger partial charge >= 0.3 is 0 Å². The molecule has 0 spiro atoms. The van der Waals surface area contributed by atoms with Gasteiger partial charge in [0, 0.05) is 30.9 Å². The van der Waals surface area contributed by atoms with Gasteiger partial charge < -0.3 is 23.9 Å². The maximum Gasteiger partial charge on any atom is 0.262 e. The number of nitrogens with zero attached hydrogens (tertiary/aromatic N) is 5. The normalized spacial score (nSPS) is 15.7. The summed E-state index contributed by atoms with van der Waals surface area (Å²) < 4.78 is 33.4. The van der Waals surface area contributed by atoms with Gasteiger partial charge in [-0.15, -0.1) is 0 Å². The van der Waals surface area contributed by atoms with E-state index in [-0.39, 0.29) is 49.4 Å². The largest absolute Gasteiger partial charge is 0.495 e. The minimum absolute atomic E-state index is 0.0459. The molecule has 4 amide bonds. The molecule has 50 heavy (non-hydrogen) atoms. The van der Waals surface area contributed by atoms with Gasteiger partial charge in [0.05, 0.1) is 54.6 Å². The Morgan fingerprint density at radius 1 is 0.880 bits per heavy atom. The number of anilines is 1. The van der Waals surface area contributed by atoms with Crippen LogP contribution in [-0.2, 0) is 14.3 Å². The zero-order chi connectivity index (χ0) is 34.8. The number of aromatic nitrogens is 4. The first-order chi connectivity index (χ1) is 24.3. The number of fused-ring (bicyclic) bond motifs is 2. The van der Waals surface area contributed by atoms with Crippen LogP contribution in [0.3, 0.4) is 0 Å². The lowest BCUT2D eigenvalue weighted by atomic mass is 10.0. The van der Waals surface area contributed by atoms with E-state index in [1.165, 1.54) is 12.1 Å². The number of ether oxygens (including phenoxy) is 3. The molecule has 1 unspecified atom stereocenters. The van der Waals surface area contributed by atoms with Crippen LogP contribution in [0.25, 0.3) is 28.2 Å². The summed E-state index contributed by atoms with van der Waals surface area (Å²) in [5, 5.41) is 5.19. The number of methoxy groups -OCH3 is 1. The van der Waals surface area contributed by atoms with Gasteiger partial charge in [-0.2, -0.15) is 4.39 Å². The van der Waals surface area contributed by atoms with Crippen molar-refractivity contribution in [3.8, 4) is 34.0 Å². The number of imide groups is 2. The molecule has 2 N–H and O–H groups in total. The maximum atomic E-state index is 14.9. The molecule has 14 nitrogen and oxygen atoms in total. The van der Waals surface area contributed by atoms with Crippen molar-refractivity contribution in [2.45, 2.75) is 18.9 Å². The van der Waals surface area contributed by atoms with Gasteiger partial charge in [0.25, 0.3) is 11.8 Å². The number of halogens is 1. The zero-order valence-electron chi connectivity index (χ0n) is 26.7. The Balaban J connectivity index is 0.859. The van der Waals surface area contributed by atoms with E-state index in [0.717, 1.165) is 21.8 Å². The highest BCUT2D eigenvalue weighted by Crippen LogP contribution is 2.30. The van der Waals surface area contributed by atoms with Crippen molar-refractivity contribution in [3.05, 3.63) is 90.3 Å². The Labute approximate surface area is 284 Å². The predicted molar refractivity (Wildman–Crippen MR) is 176 cm³/mol. The van der Waals surface area contributed by atoms with Crippen LogP contribution in [0.15, 0.2) is 73.2 Å². The lowest BCUT2D eigenvalue weighted by Crippen LogP contribution is -2.54. The summed E-state index contributed by atoms with van der Waals surface area (Å²) >= 11 is 0. The van der Waals surface area contributed by atoms with Crippen molar-refractivity contribution in [1.29, 1.82) is 0 Å². The number of carbonyl (C=O) groups is 4. The second-order valence-corrected chi connectivity index (χ2v) is 11.5. The van der Waals surface area contributed by atoms with E-state index in [1.54, 1.807) is 37.6 Å². The molecule has 254 valence electrons. The highest BCUT2D eigenvalue weighted by Gasteiger charge is 2.44. The highest BCUT2D eigenvalue weighted by molar-refractivity contribution is 6.23. The van der Waals surface area contributed by atoms with Crippen LogP contribution < -0.4 is 20.1 Å². The zero-order valence-corrected chi connectivity index (χ0v) is 26.7. The second kappa shape index (κ2) is 13.7. The summed E-state index contributed by atoms with van der Waals surface area (Å²) in [6, 6.07) is 14.0. The minimum Gasteiger partial charge on any atom is -0.495 e. The summed E-state index contributed by atoms with van der Waals surface area (Å²) in [7, 11) is 1.60. The molecule has 2 aliphatic heterocycles. The molecule has 4 aromatic heterocycles. The van der Waals surface area contributed by atoms with Crippen LogP contribution in [0.1, 0.15) is 33.6 Å². The van der Waals surface area contributed by atoms with Crippen molar-refractivity contribution >= 4 is 35.1 Å². The molecule has 2 aliphatic rings. The Bertz CT molecular complexity index is 2140. The monoisotopic (exact) mass is 679 g/mol. The number of benzene rings is 1. The molecule has 1 atom stereocenters. The van der Waals surface area contributed by atoms with Gasteiger partial charge in [-0.3, -0.25) is 34.4 Å². The number of amides is 4. The van der Waals surface area contributed by atoms with Crippen molar-refractivity contribution < 1.29 is 37.8 Å². The van der Waals surface area contributed by atoms with Crippen molar-refractivity contribution in [2.75, 3.05) is 38.8 Å². The number of nitrogens with one attached hydrogen (secondary N) is 2. The van der Waals surface area contributed by atoms with Crippen molar-refractivity contribution in [2.24, 2.45) is 0 Å². The number of imidazole rings is 1. The van der Waals surface area contributed by atoms with Gasteiger partial charge in [0.2, 0.25) is 17.8 Å². The van der Waals surface area contributed by atoms with Gasteiger partial charge in [0.1, 0.15) is 35.6 Å². The number of hydrogen-bond donors (Lipinski definition) is 2. The Morgan fingerprint density at radius 3 is 2.48 bits per heavy atom. The fourth-order valence-corrected chi connectivity index (χ4v) is 5.77. The van der Waals surface area contributed by atoms with Gasteiger partial charge in [-0.05, 0) is 61.0 Å². The molecule has 6 heterocycles. The molecule has 0 radical (unpaired) electrons. The number of pyridine rings is 3. The molecule has 0 aliphatic carbocycles. The Hall–Kier alpha value is -6.22. The third kappa shape index (κ3) is 6.45. The van der Waals surface area contributed by atoms with E-state index < -0.39 is 35.6 Å². The highest BCUT2D eigenvalue weighted by atomic mass is 19.1. The van der Waals surface area contributed by atoms with Crippen LogP contribution in [0.5, 0.6) is 11.5 Å². The molecule has 0 bridgehead atoms. The van der Waals surface area contributed by atoms with E-state index in [4.69, 9.17) is 14.2 Å². The molecule has 1 aromatic carbocycles. The first kappa shape index (κ1) is 32.3. The van der Waals surface area contributed by atoms with Crippen LogP contribution >= 0.6 is 0 Å². The van der Waals surface area contributed by atoms with E-state index in [9.17, 15) is 23.6 Å². The molecule has 5 aromatic rings. The van der Waals surface area contributed by atoms with E-state index >= 15 is 0 Å². The standard InChI is InChI=1S/C35H30FN7O7/c1-48-22-4-10-30-39-27(19-42(30)18-22)20-2-7-26(38-17-20)24-6-9-29(40-32(24)36)37-12-13-49-14-15-50-21-3-5-23-25(16-21)35(47)43(34(23)46)28-8-11-31(44)41-33(28)45/h2-7,9-10,16-19,28H,8,11-15H2,1H3,(H,37,40)(H,41,44,45). The van der Waals surface area contributed by atoms with Crippen LogP contribution in [-0.4, -0.2) is 87.4 Å².